The fourth-order valence-electron chi connectivity index (χ4n) is 3.98. The lowest BCUT2D eigenvalue weighted by Gasteiger charge is -2.19. The molecule has 1 aromatic carbocycles. The van der Waals surface area contributed by atoms with Crippen LogP contribution in [-0.4, -0.2) is 67.8 Å². The number of urea groups is 1. The lowest BCUT2D eigenvalue weighted by Crippen LogP contribution is -2.34. The quantitative estimate of drug-likeness (QED) is 0.494. The van der Waals surface area contributed by atoms with Gasteiger partial charge in [0.05, 0.1) is 6.33 Å². The zero-order chi connectivity index (χ0) is 23.7. The van der Waals surface area contributed by atoms with Crippen molar-refractivity contribution in [3.05, 3.63) is 54.6 Å². The molecule has 34 heavy (non-hydrogen) atoms. The molecule has 5 atom stereocenters. The molecule has 3 N–H and O–H groups in total. The van der Waals surface area contributed by atoms with E-state index in [0.717, 1.165) is 5.56 Å². The normalized spacial score (nSPS) is 26.1. The molecule has 2 fully saturated rings. The molecule has 2 saturated heterocycles. The third-order valence-electron chi connectivity index (χ3n) is 5.46. The van der Waals surface area contributed by atoms with Crippen molar-refractivity contribution in [3.63, 3.8) is 0 Å². The van der Waals surface area contributed by atoms with Gasteiger partial charge in [-0.05, 0) is 18.6 Å². The number of aliphatic carboxylic acids is 1. The number of nitrogens with zero attached hydrogens (tertiary/aromatic N) is 4. The van der Waals surface area contributed by atoms with E-state index in [4.69, 9.17) is 14.2 Å². The van der Waals surface area contributed by atoms with Crippen LogP contribution in [0.5, 0.6) is 0 Å². The highest BCUT2D eigenvalue weighted by atomic mass is 16.8. The number of aromatic nitrogens is 4. The molecule has 176 valence electrons. The molecule has 0 saturated carbocycles. The van der Waals surface area contributed by atoms with Crippen LogP contribution < -0.4 is 10.6 Å². The number of rotatable bonds is 6. The van der Waals surface area contributed by atoms with E-state index in [1.165, 1.54) is 12.7 Å². The second kappa shape index (κ2) is 9.17. The van der Waals surface area contributed by atoms with Crippen LogP contribution in [0, 0.1) is 0 Å². The minimum Gasteiger partial charge on any atom is -0.479 e. The van der Waals surface area contributed by atoms with E-state index >= 15 is 0 Å². The molecule has 2 aromatic heterocycles. The fourth-order valence-corrected chi connectivity index (χ4v) is 3.98. The molecule has 1 unspecified atom stereocenters. The van der Waals surface area contributed by atoms with Crippen LogP contribution in [-0.2, 0) is 19.0 Å². The Kier molecular flexibility index (Phi) is 5.92. The minimum atomic E-state index is -1.24. The average Bonchev–Trinajstić information content (AvgIpc) is 3.52. The van der Waals surface area contributed by atoms with Gasteiger partial charge in [-0.1, -0.05) is 36.4 Å². The number of hydrogen-bond donors (Lipinski definition) is 3. The van der Waals surface area contributed by atoms with E-state index in [9.17, 15) is 14.7 Å². The first kappa shape index (κ1) is 21.9. The summed E-state index contributed by atoms with van der Waals surface area (Å²) in [5, 5.41) is 14.9. The van der Waals surface area contributed by atoms with Crippen molar-refractivity contribution in [2.75, 3.05) is 11.9 Å². The fraction of sp³-hybridized carbons (Fsp3) is 0.318. The van der Waals surface area contributed by atoms with Gasteiger partial charge < -0.3 is 24.6 Å². The third-order valence-corrected chi connectivity index (χ3v) is 5.46. The Balaban J connectivity index is 1.42. The molecule has 12 heteroatoms. The first-order valence-electron chi connectivity index (χ1n) is 10.7. The van der Waals surface area contributed by atoms with Gasteiger partial charge >= 0.3 is 12.0 Å². The molecule has 5 rings (SSSR count). The van der Waals surface area contributed by atoms with E-state index < -0.39 is 42.8 Å². The predicted molar refractivity (Wildman–Crippen MR) is 119 cm³/mol. The van der Waals surface area contributed by atoms with Crippen molar-refractivity contribution in [1.82, 2.24) is 24.8 Å². The summed E-state index contributed by atoms with van der Waals surface area (Å²) in [4.78, 5) is 36.5. The van der Waals surface area contributed by atoms with Gasteiger partial charge in [-0.15, -0.1) is 0 Å². The Morgan fingerprint density at radius 3 is 2.68 bits per heavy atom. The number of carboxylic acids is 1. The van der Waals surface area contributed by atoms with E-state index in [0.29, 0.717) is 17.7 Å². The molecule has 2 amide bonds. The van der Waals surface area contributed by atoms with Crippen LogP contribution in [0.25, 0.3) is 17.2 Å². The van der Waals surface area contributed by atoms with Crippen LogP contribution >= 0.6 is 0 Å². The molecule has 0 bridgehead atoms. The molecule has 0 radical (unpaired) electrons. The zero-order valence-electron chi connectivity index (χ0n) is 18.1. The molecule has 2 aliphatic heterocycles. The summed E-state index contributed by atoms with van der Waals surface area (Å²) >= 11 is 0. The highest BCUT2D eigenvalue weighted by Gasteiger charge is 2.56. The van der Waals surface area contributed by atoms with Crippen LogP contribution in [0.4, 0.5) is 10.6 Å². The SMILES string of the molecule is CCNC(=O)Nc1ncnc2c1ncn2[C@@H]1O[C@H](C(=O)O)C2O[C@H](C=Cc3ccccc3)O[C@@H]21. The van der Waals surface area contributed by atoms with Crippen molar-refractivity contribution < 1.29 is 28.9 Å². The first-order valence-corrected chi connectivity index (χ1v) is 10.7. The Morgan fingerprint density at radius 1 is 1.12 bits per heavy atom. The predicted octanol–water partition coefficient (Wildman–Crippen LogP) is 1.77. The third kappa shape index (κ3) is 4.09. The summed E-state index contributed by atoms with van der Waals surface area (Å²) in [5.74, 6) is -0.947. The number of carboxylic acid groups (broad SMARTS) is 1. The van der Waals surface area contributed by atoms with E-state index in [2.05, 4.69) is 25.6 Å². The van der Waals surface area contributed by atoms with Gasteiger partial charge in [0.15, 0.2) is 35.6 Å². The van der Waals surface area contributed by atoms with E-state index in [1.807, 2.05) is 36.4 Å². The Hall–Kier alpha value is -3.87. The summed E-state index contributed by atoms with van der Waals surface area (Å²) in [7, 11) is 0. The van der Waals surface area contributed by atoms with E-state index in [1.54, 1.807) is 17.6 Å². The summed E-state index contributed by atoms with van der Waals surface area (Å²) in [6, 6.07) is 9.18. The second-order valence-electron chi connectivity index (χ2n) is 7.66. The monoisotopic (exact) mass is 466 g/mol. The number of imidazole rings is 1. The van der Waals surface area contributed by atoms with Gasteiger partial charge in [0.1, 0.15) is 18.5 Å². The summed E-state index contributed by atoms with van der Waals surface area (Å²) in [5.41, 5.74) is 1.63. The molecule has 12 nitrogen and oxygen atoms in total. The maximum absolute atomic E-state index is 11.9. The number of anilines is 1. The number of fused-ring (bicyclic) bond motifs is 2. The van der Waals surface area contributed by atoms with Gasteiger partial charge in [-0.3, -0.25) is 9.88 Å². The summed E-state index contributed by atoms with van der Waals surface area (Å²) < 4.78 is 19.3. The lowest BCUT2D eigenvalue weighted by atomic mass is 10.1. The Labute approximate surface area is 193 Å². The molecule has 0 aliphatic carbocycles. The number of carbonyl (C=O) groups excluding carboxylic acids is 1. The number of carbonyl (C=O) groups is 2. The first-order chi connectivity index (χ1) is 16.5. The van der Waals surface area contributed by atoms with Gasteiger partial charge in [0.25, 0.3) is 0 Å². The van der Waals surface area contributed by atoms with Crippen LogP contribution in [0.1, 0.15) is 18.7 Å². The summed E-state index contributed by atoms with van der Waals surface area (Å²) in [6.45, 7) is 2.24. The topological polar surface area (TPSA) is 150 Å². The average molecular weight is 466 g/mol. The lowest BCUT2D eigenvalue weighted by molar-refractivity contribution is -0.166. The Morgan fingerprint density at radius 2 is 1.91 bits per heavy atom. The summed E-state index contributed by atoms with van der Waals surface area (Å²) in [6.07, 6.45) is 1.89. The van der Waals surface area contributed by atoms with Crippen LogP contribution in [0.2, 0.25) is 0 Å². The molecule has 0 spiro atoms. The van der Waals surface area contributed by atoms with Crippen LogP contribution in [0.15, 0.2) is 49.1 Å². The van der Waals surface area contributed by atoms with Crippen molar-refractivity contribution in [2.45, 2.75) is 37.8 Å². The van der Waals surface area contributed by atoms with Crippen molar-refractivity contribution in [1.29, 1.82) is 0 Å². The second-order valence-corrected chi connectivity index (χ2v) is 7.66. The van der Waals surface area contributed by atoms with Crippen LogP contribution in [0.3, 0.4) is 0 Å². The smallest absolute Gasteiger partial charge is 0.335 e. The molecule has 3 aromatic rings. The maximum atomic E-state index is 11.9. The van der Waals surface area contributed by atoms with Gasteiger partial charge in [-0.2, -0.15) is 0 Å². The number of hydrogen-bond acceptors (Lipinski definition) is 8. The number of benzene rings is 1. The molecular formula is C22H22N6O6. The van der Waals surface area contributed by atoms with Crippen molar-refractivity contribution in [2.24, 2.45) is 0 Å². The molecular weight excluding hydrogens is 444 g/mol. The molecule has 2 aliphatic rings. The zero-order valence-corrected chi connectivity index (χ0v) is 18.1. The molecule has 4 heterocycles. The number of amides is 2. The van der Waals surface area contributed by atoms with Gasteiger partial charge in [0.2, 0.25) is 0 Å². The highest BCUT2D eigenvalue weighted by Crippen LogP contribution is 2.41. The standard InChI is InChI=1S/C22H22N6O6/c1-2-23-22(31)27-18-14-19(25-10-24-18)28(11-26-14)20-16-15(17(34-20)21(29)30)32-13(33-16)9-8-12-6-4-3-5-7-12/h3-11,13,15-17,20H,2H2,1H3,(H,29,30)(H2,23,24,25,27,31)/t13-,15?,16-,17-,20+/m0/s1. The largest absolute Gasteiger partial charge is 0.479 e. The highest BCUT2D eigenvalue weighted by molar-refractivity contribution is 5.95. The number of nitrogens with one attached hydrogen (secondary N) is 2. The minimum absolute atomic E-state index is 0.214. The maximum Gasteiger partial charge on any atom is 0.335 e. The van der Waals surface area contributed by atoms with Gasteiger partial charge in [-0.25, -0.2) is 24.5 Å². The van der Waals surface area contributed by atoms with E-state index in [-0.39, 0.29) is 5.82 Å². The Bertz CT molecular complexity index is 1230. The van der Waals surface area contributed by atoms with Gasteiger partial charge in [0, 0.05) is 6.54 Å². The number of ether oxygens (including phenoxy) is 3. The van der Waals surface area contributed by atoms with Crippen molar-refractivity contribution >= 4 is 35.1 Å². The van der Waals surface area contributed by atoms with Crippen molar-refractivity contribution in [3.8, 4) is 0 Å².